The number of nitrogens with one attached hydrogen (secondary N) is 1. The number of rotatable bonds is 1. The Hall–Kier alpha value is -0.970. The van der Waals surface area contributed by atoms with Gasteiger partial charge in [-0.25, -0.2) is 0 Å². The Morgan fingerprint density at radius 1 is 1.50 bits per heavy atom. The van der Waals surface area contributed by atoms with Crippen LogP contribution in [0, 0.1) is 6.92 Å². The summed E-state index contributed by atoms with van der Waals surface area (Å²) in [7, 11) is 0. The molecule has 0 atom stereocenters. The maximum absolute atomic E-state index is 10.5. The molecule has 0 saturated heterocycles. The molecule has 1 amide bonds. The predicted molar refractivity (Wildman–Crippen MR) is 52.4 cm³/mol. The lowest BCUT2D eigenvalue weighted by molar-refractivity contribution is -0.114. The molecular weight excluding hydrogens is 174 g/mol. The van der Waals surface area contributed by atoms with Gasteiger partial charge in [0.25, 0.3) is 0 Å². The van der Waals surface area contributed by atoms with Gasteiger partial charge in [0, 0.05) is 8.35 Å². The number of carbonyl (C=O) groups is 1. The van der Waals surface area contributed by atoms with Crippen molar-refractivity contribution in [3.63, 3.8) is 0 Å². The van der Waals surface area contributed by atoms with E-state index in [0.717, 1.165) is 5.01 Å². The first kappa shape index (κ1) is 11.0. The minimum atomic E-state index is -0.115. The molecule has 0 aromatic carbocycles. The van der Waals surface area contributed by atoms with Crippen LogP contribution < -0.4 is 5.32 Å². The molecule has 1 rings (SSSR count). The summed E-state index contributed by atoms with van der Waals surface area (Å²) >= 11 is 1.36. The number of aromatic nitrogens is 2. The minimum absolute atomic E-state index is 0. The van der Waals surface area contributed by atoms with Crippen molar-refractivity contribution in [2.75, 3.05) is 5.32 Å². The van der Waals surface area contributed by atoms with E-state index in [0.29, 0.717) is 5.13 Å². The van der Waals surface area contributed by atoms with Gasteiger partial charge in [-0.1, -0.05) is 25.2 Å². The Morgan fingerprint density at radius 3 is 2.42 bits per heavy atom. The van der Waals surface area contributed by atoms with Gasteiger partial charge >= 0.3 is 0 Å². The molecular formula is C7H15N3OS. The normalized spacial score (nSPS) is 8.33. The van der Waals surface area contributed by atoms with Crippen molar-refractivity contribution in [3.05, 3.63) is 5.01 Å². The standard InChI is InChI=1S/C5H7N3OS.C2H6.H2/c1-3(9)6-5-8-7-4(2)10-5;1-2;/h1-2H3,(H,6,8,9);1-2H3;1H. The molecule has 0 aliphatic carbocycles. The van der Waals surface area contributed by atoms with Crippen molar-refractivity contribution in [3.8, 4) is 0 Å². The second kappa shape index (κ2) is 5.65. The third-order valence-corrected chi connectivity index (χ3v) is 1.56. The lowest BCUT2D eigenvalue weighted by atomic mass is 10.7. The SMILES string of the molecule is CC.CC(=O)Nc1nnc(C)s1.[HH]. The summed E-state index contributed by atoms with van der Waals surface area (Å²) in [5, 5.41) is 11.4. The Kier molecular flexibility index (Phi) is 5.19. The van der Waals surface area contributed by atoms with Crippen molar-refractivity contribution >= 4 is 22.4 Å². The summed E-state index contributed by atoms with van der Waals surface area (Å²) in [6.45, 7) is 7.28. The number of carbonyl (C=O) groups excluding carboxylic acids is 1. The molecule has 0 aliphatic rings. The average Bonchev–Trinajstić information content (AvgIpc) is 2.39. The first-order valence-corrected chi connectivity index (χ1v) is 4.58. The fraction of sp³-hybridized carbons (Fsp3) is 0.571. The highest BCUT2D eigenvalue weighted by Gasteiger charge is 1.99. The van der Waals surface area contributed by atoms with Crippen LogP contribution in [0.2, 0.25) is 0 Å². The summed E-state index contributed by atoms with van der Waals surface area (Å²) in [5.41, 5.74) is 0. The monoisotopic (exact) mass is 189 g/mol. The summed E-state index contributed by atoms with van der Waals surface area (Å²) in [6.07, 6.45) is 0. The average molecular weight is 189 g/mol. The molecule has 5 heteroatoms. The molecule has 0 fully saturated rings. The van der Waals surface area contributed by atoms with Crippen LogP contribution in [0.3, 0.4) is 0 Å². The van der Waals surface area contributed by atoms with Gasteiger partial charge in [0.1, 0.15) is 5.01 Å². The van der Waals surface area contributed by atoms with Crippen molar-refractivity contribution < 1.29 is 6.22 Å². The van der Waals surface area contributed by atoms with Gasteiger partial charge in [0.15, 0.2) is 0 Å². The Balaban J connectivity index is 0. The Morgan fingerprint density at radius 2 is 2.08 bits per heavy atom. The van der Waals surface area contributed by atoms with Crippen LogP contribution >= 0.6 is 11.3 Å². The van der Waals surface area contributed by atoms with E-state index < -0.39 is 0 Å². The molecule has 1 N–H and O–H groups in total. The smallest absolute Gasteiger partial charge is 0.223 e. The van der Waals surface area contributed by atoms with E-state index in [9.17, 15) is 4.79 Å². The van der Waals surface area contributed by atoms with Gasteiger partial charge in [-0.05, 0) is 6.92 Å². The van der Waals surface area contributed by atoms with Crippen LogP contribution in [0.25, 0.3) is 0 Å². The van der Waals surface area contributed by atoms with Crippen LogP contribution in [0.4, 0.5) is 5.13 Å². The highest BCUT2D eigenvalue weighted by molar-refractivity contribution is 7.15. The number of hydrogen-bond donors (Lipinski definition) is 1. The zero-order chi connectivity index (χ0) is 9.56. The van der Waals surface area contributed by atoms with Crippen LogP contribution in [-0.4, -0.2) is 16.1 Å². The van der Waals surface area contributed by atoms with Crippen molar-refractivity contribution in [2.24, 2.45) is 0 Å². The van der Waals surface area contributed by atoms with Crippen molar-refractivity contribution in [1.82, 2.24) is 10.2 Å². The first-order valence-electron chi connectivity index (χ1n) is 3.76. The molecule has 1 aromatic heterocycles. The molecule has 1 heterocycles. The second-order valence-corrected chi connectivity index (χ2v) is 2.99. The van der Waals surface area contributed by atoms with E-state index in [-0.39, 0.29) is 7.33 Å². The molecule has 0 spiro atoms. The van der Waals surface area contributed by atoms with Crippen molar-refractivity contribution in [2.45, 2.75) is 27.7 Å². The quantitative estimate of drug-likeness (QED) is 0.735. The summed E-state index contributed by atoms with van der Waals surface area (Å²) in [6, 6.07) is 0. The largest absolute Gasteiger partial charge is 0.301 e. The summed E-state index contributed by atoms with van der Waals surface area (Å²) in [4.78, 5) is 10.5. The number of amides is 1. The van der Waals surface area contributed by atoms with Gasteiger partial charge in [-0.3, -0.25) is 4.79 Å². The van der Waals surface area contributed by atoms with Gasteiger partial charge in [-0.15, -0.1) is 10.2 Å². The highest BCUT2D eigenvalue weighted by Crippen LogP contribution is 2.12. The van der Waals surface area contributed by atoms with E-state index in [2.05, 4.69) is 15.5 Å². The number of aryl methyl sites for hydroxylation is 1. The second-order valence-electron chi connectivity index (χ2n) is 1.81. The molecule has 0 unspecified atom stereocenters. The first-order chi connectivity index (χ1) is 5.68. The van der Waals surface area contributed by atoms with Gasteiger partial charge in [0.05, 0.1) is 0 Å². The van der Waals surface area contributed by atoms with Crippen LogP contribution in [-0.2, 0) is 4.79 Å². The zero-order valence-electron chi connectivity index (χ0n) is 7.71. The molecule has 0 radical (unpaired) electrons. The van der Waals surface area contributed by atoms with Gasteiger partial charge in [0.2, 0.25) is 11.0 Å². The minimum Gasteiger partial charge on any atom is -0.301 e. The van der Waals surface area contributed by atoms with E-state index in [1.165, 1.54) is 18.3 Å². The fourth-order valence-corrected chi connectivity index (χ4v) is 1.14. The van der Waals surface area contributed by atoms with Crippen LogP contribution in [0.15, 0.2) is 0 Å². The summed E-state index contributed by atoms with van der Waals surface area (Å²) in [5.74, 6) is -0.115. The number of anilines is 1. The molecule has 4 nitrogen and oxygen atoms in total. The van der Waals surface area contributed by atoms with E-state index in [1.807, 2.05) is 20.8 Å². The highest BCUT2D eigenvalue weighted by atomic mass is 32.1. The van der Waals surface area contributed by atoms with Gasteiger partial charge < -0.3 is 5.32 Å². The zero-order valence-corrected chi connectivity index (χ0v) is 8.53. The topological polar surface area (TPSA) is 54.9 Å². The molecule has 12 heavy (non-hydrogen) atoms. The van der Waals surface area contributed by atoms with E-state index in [4.69, 9.17) is 0 Å². The maximum Gasteiger partial charge on any atom is 0.223 e. The van der Waals surface area contributed by atoms with E-state index in [1.54, 1.807) is 0 Å². The lowest BCUT2D eigenvalue weighted by Gasteiger charge is -1.89. The summed E-state index contributed by atoms with van der Waals surface area (Å²) < 4.78 is 0. The van der Waals surface area contributed by atoms with E-state index >= 15 is 0 Å². The maximum atomic E-state index is 10.5. The van der Waals surface area contributed by atoms with Gasteiger partial charge in [-0.2, -0.15) is 0 Å². The molecule has 0 bridgehead atoms. The van der Waals surface area contributed by atoms with Crippen LogP contribution in [0.1, 0.15) is 27.2 Å². The third-order valence-electron chi connectivity index (χ3n) is 0.809. The lowest BCUT2D eigenvalue weighted by Crippen LogP contribution is -2.04. The third kappa shape index (κ3) is 4.02. The molecule has 0 aliphatic heterocycles. The molecule has 1 aromatic rings. The number of nitrogens with zero attached hydrogens (tertiary/aromatic N) is 2. The van der Waals surface area contributed by atoms with Crippen molar-refractivity contribution in [1.29, 1.82) is 0 Å². The molecule has 0 saturated carbocycles. The predicted octanol–water partition coefficient (Wildman–Crippen LogP) is 2.08. The Bertz CT molecular complexity index is 252. The van der Waals surface area contributed by atoms with Crippen LogP contribution in [0.5, 0.6) is 0 Å². The Labute approximate surface area is 77.5 Å². The fourth-order valence-electron chi connectivity index (χ4n) is 0.498. The number of hydrogen-bond acceptors (Lipinski definition) is 4. The molecule has 70 valence electrons.